The van der Waals surface area contributed by atoms with Crippen LogP contribution in [0.2, 0.25) is 0 Å². The van der Waals surface area contributed by atoms with Gasteiger partial charge in [-0.2, -0.15) is 4.31 Å². The van der Waals surface area contributed by atoms with Crippen LogP contribution in [0.3, 0.4) is 0 Å². The van der Waals surface area contributed by atoms with Crippen LogP contribution in [-0.2, 0) is 10.0 Å². The first-order valence-corrected chi connectivity index (χ1v) is 8.84. The molecule has 2 unspecified atom stereocenters. The van der Waals surface area contributed by atoms with Crippen LogP contribution >= 0.6 is 0 Å². The Morgan fingerprint density at radius 3 is 2.81 bits per heavy atom. The smallest absolute Gasteiger partial charge is 0.244 e. The summed E-state index contributed by atoms with van der Waals surface area (Å²) in [6.07, 6.45) is 4.52. The van der Waals surface area contributed by atoms with E-state index in [9.17, 15) is 8.42 Å². The number of piperidine rings is 2. The van der Waals surface area contributed by atoms with E-state index in [0.717, 1.165) is 25.8 Å². The number of anilines is 1. The number of nitrogen functional groups attached to an aromatic ring is 1. The van der Waals surface area contributed by atoms with Gasteiger partial charge in [0.15, 0.2) is 0 Å². The molecule has 0 bridgehead atoms. The third-order valence-corrected chi connectivity index (χ3v) is 6.55. The Morgan fingerprint density at radius 1 is 1.29 bits per heavy atom. The lowest BCUT2D eigenvalue weighted by Gasteiger charge is -2.45. The Kier molecular flexibility index (Phi) is 3.90. The molecule has 116 valence electrons. The number of fused-ring (bicyclic) bond motifs is 1. The number of sulfonamides is 1. The fourth-order valence-electron chi connectivity index (χ4n) is 3.53. The second-order valence-corrected chi connectivity index (χ2v) is 7.96. The van der Waals surface area contributed by atoms with Gasteiger partial charge in [0.25, 0.3) is 0 Å². The summed E-state index contributed by atoms with van der Waals surface area (Å²) in [5.41, 5.74) is 5.53. The standard InChI is InChI=1S/C14H22N4O2S/c1-17-7-2-3-11-10-18(8-6-13(11)17)21(19,20)12-4-5-14(15)16-9-12/h4-5,9,11,13H,2-3,6-8,10H2,1H3,(H2,15,16). The molecular weight excluding hydrogens is 288 g/mol. The Morgan fingerprint density at radius 2 is 2.10 bits per heavy atom. The molecule has 2 saturated heterocycles. The van der Waals surface area contributed by atoms with E-state index in [0.29, 0.717) is 30.9 Å². The molecule has 3 heterocycles. The van der Waals surface area contributed by atoms with Gasteiger partial charge in [-0.25, -0.2) is 13.4 Å². The van der Waals surface area contributed by atoms with E-state index in [2.05, 4.69) is 16.9 Å². The molecule has 0 aliphatic carbocycles. The molecule has 0 radical (unpaired) electrons. The summed E-state index contributed by atoms with van der Waals surface area (Å²) in [6.45, 7) is 2.32. The zero-order chi connectivity index (χ0) is 15.0. The molecule has 2 aliphatic heterocycles. The van der Waals surface area contributed by atoms with Gasteiger partial charge in [-0.1, -0.05) is 0 Å². The summed E-state index contributed by atoms with van der Waals surface area (Å²) in [7, 11) is -1.31. The van der Waals surface area contributed by atoms with E-state index in [4.69, 9.17) is 5.73 Å². The van der Waals surface area contributed by atoms with Gasteiger partial charge in [0.1, 0.15) is 10.7 Å². The monoisotopic (exact) mass is 310 g/mol. The summed E-state index contributed by atoms with van der Waals surface area (Å²) in [4.78, 5) is 6.51. The van der Waals surface area contributed by atoms with Crippen LogP contribution in [0.4, 0.5) is 5.82 Å². The molecule has 2 fully saturated rings. The molecule has 1 aromatic rings. The average Bonchev–Trinajstić information content (AvgIpc) is 2.47. The van der Waals surface area contributed by atoms with Crippen LogP contribution in [0.15, 0.2) is 23.2 Å². The van der Waals surface area contributed by atoms with E-state index < -0.39 is 10.0 Å². The van der Waals surface area contributed by atoms with Gasteiger partial charge in [0.05, 0.1) is 0 Å². The minimum absolute atomic E-state index is 0.235. The molecule has 0 spiro atoms. The quantitative estimate of drug-likeness (QED) is 0.873. The molecule has 0 aromatic carbocycles. The van der Waals surface area contributed by atoms with Crippen LogP contribution < -0.4 is 5.73 Å². The topological polar surface area (TPSA) is 79.5 Å². The van der Waals surface area contributed by atoms with Gasteiger partial charge in [0, 0.05) is 25.3 Å². The zero-order valence-corrected chi connectivity index (χ0v) is 13.1. The molecular formula is C14H22N4O2S. The lowest BCUT2D eigenvalue weighted by molar-refractivity contribution is 0.0671. The van der Waals surface area contributed by atoms with Crippen molar-refractivity contribution in [2.75, 3.05) is 32.4 Å². The molecule has 0 amide bonds. The number of pyridine rings is 1. The van der Waals surface area contributed by atoms with E-state index in [1.807, 2.05) is 0 Å². The molecule has 1 aromatic heterocycles. The lowest BCUT2D eigenvalue weighted by atomic mass is 9.85. The summed E-state index contributed by atoms with van der Waals surface area (Å²) in [5, 5.41) is 0. The highest BCUT2D eigenvalue weighted by molar-refractivity contribution is 7.89. The summed E-state index contributed by atoms with van der Waals surface area (Å²) in [5.74, 6) is 0.774. The first kappa shape index (κ1) is 14.7. The number of nitrogens with zero attached hydrogens (tertiary/aromatic N) is 3. The maximum Gasteiger partial charge on any atom is 0.244 e. The van der Waals surface area contributed by atoms with Crippen molar-refractivity contribution in [3.8, 4) is 0 Å². The molecule has 2 atom stereocenters. The van der Waals surface area contributed by atoms with Gasteiger partial charge in [0.2, 0.25) is 10.0 Å². The van der Waals surface area contributed by atoms with Crippen LogP contribution in [0.5, 0.6) is 0 Å². The Balaban J connectivity index is 1.79. The number of hydrogen-bond donors (Lipinski definition) is 1. The number of nitrogens with two attached hydrogens (primary N) is 1. The van der Waals surface area contributed by atoms with Crippen LogP contribution in [-0.4, -0.2) is 55.3 Å². The average molecular weight is 310 g/mol. The molecule has 2 N–H and O–H groups in total. The van der Waals surface area contributed by atoms with Crippen molar-refractivity contribution >= 4 is 15.8 Å². The van der Waals surface area contributed by atoms with Gasteiger partial charge in [-0.3, -0.25) is 0 Å². The zero-order valence-electron chi connectivity index (χ0n) is 12.3. The van der Waals surface area contributed by atoms with Crippen molar-refractivity contribution in [3.05, 3.63) is 18.3 Å². The molecule has 0 saturated carbocycles. The van der Waals surface area contributed by atoms with Crippen molar-refractivity contribution in [1.82, 2.24) is 14.2 Å². The van der Waals surface area contributed by atoms with Gasteiger partial charge >= 0.3 is 0 Å². The first-order chi connectivity index (χ1) is 9.98. The van der Waals surface area contributed by atoms with Gasteiger partial charge < -0.3 is 10.6 Å². The van der Waals surface area contributed by atoms with Crippen molar-refractivity contribution in [1.29, 1.82) is 0 Å². The van der Waals surface area contributed by atoms with Crippen molar-refractivity contribution in [2.45, 2.75) is 30.2 Å². The van der Waals surface area contributed by atoms with Crippen LogP contribution in [0, 0.1) is 5.92 Å². The highest BCUT2D eigenvalue weighted by Crippen LogP contribution is 2.32. The predicted molar refractivity (Wildman–Crippen MR) is 81.2 cm³/mol. The fourth-order valence-corrected chi connectivity index (χ4v) is 4.99. The van der Waals surface area contributed by atoms with Crippen molar-refractivity contribution < 1.29 is 8.42 Å². The molecule has 3 rings (SSSR count). The van der Waals surface area contributed by atoms with E-state index >= 15 is 0 Å². The number of rotatable bonds is 2. The van der Waals surface area contributed by atoms with Gasteiger partial charge in [-0.15, -0.1) is 0 Å². The third-order valence-electron chi connectivity index (χ3n) is 4.71. The maximum absolute atomic E-state index is 12.7. The minimum Gasteiger partial charge on any atom is -0.384 e. The summed E-state index contributed by atoms with van der Waals surface area (Å²) >= 11 is 0. The van der Waals surface area contributed by atoms with Gasteiger partial charge in [-0.05, 0) is 50.9 Å². The molecule has 21 heavy (non-hydrogen) atoms. The second kappa shape index (κ2) is 5.55. The third kappa shape index (κ3) is 2.77. The maximum atomic E-state index is 12.7. The van der Waals surface area contributed by atoms with Crippen molar-refractivity contribution in [2.24, 2.45) is 5.92 Å². The Bertz CT molecular complexity index is 602. The van der Waals surface area contributed by atoms with Crippen molar-refractivity contribution in [3.63, 3.8) is 0 Å². The number of aromatic nitrogens is 1. The molecule has 6 nitrogen and oxygen atoms in total. The van der Waals surface area contributed by atoms with E-state index in [-0.39, 0.29) is 4.90 Å². The number of likely N-dealkylation sites (tertiary alicyclic amines) is 1. The Labute approximate surface area is 126 Å². The summed E-state index contributed by atoms with van der Waals surface area (Å²) in [6, 6.07) is 3.60. The predicted octanol–water partition coefficient (Wildman–Crippen LogP) is 0.769. The SMILES string of the molecule is CN1CCCC2CN(S(=O)(=O)c3ccc(N)nc3)CCC21. The first-order valence-electron chi connectivity index (χ1n) is 7.40. The number of hydrogen-bond acceptors (Lipinski definition) is 5. The lowest BCUT2D eigenvalue weighted by Crippen LogP contribution is -2.53. The second-order valence-electron chi connectivity index (χ2n) is 6.02. The minimum atomic E-state index is -3.45. The van der Waals surface area contributed by atoms with Crippen LogP contribution in [0.1, 0.15) is 19.3 Å². The van der Waals surface area contributed by atoms with E-state index in [1.165, 1.54) is 18.3 Å². The molecule has 7 heteroatoms. The van der Waals surface area contributed by atoms with E-state index in [1.54, 1.807) is 4.31 Å². The Hall–Kier alpha value is -1.18. The normalized spacial score (nSPS) is 28.2. The highest BCUT2D eigenvalue weighted by Gasteiger charge is 2.38. The fraction of sp³-hybridized carbons (Fsp3) is 0.643. The molecule has 2 aliphatic rings. The summed E-state index contributed by atoms with van der Waals surface area (Å²) < 4.78 is 27.0. The highest BCUT2D eigenvalue weighted by atomic mass is 32.2. The van der Waals surface area contributed by atoms with Crippen LogP contribution in [0.25, 0.3) is 0 Å². The largest absolute Gasteiger partial charge is 0.384 e.